The SMILES string of the molecule is CCOC(=O)[C@](NC(=O)c1ccccc1C)([NH2+]Cc1ccccn1)C(F)(F)F. The lowest BCUT2D eigenvalue weighted by molar-refractivity contribution is -0.757. The van der Waals surface area contributed by atoms with Gasteiger partial charge in [0.05, 0.1) is 12.3 Å². The second kappa shape index (κ2) is 8.83. The number of nitrogens with two attached hydrogens (primary N) is 1. The van der Waals surface area contributed by atoms with Gasteiger partial charge in [-0.25, -0.2) is 4.79 Å². The van der Waals surface area contributed by atoms with E-state index in [1.54, 1.807) is 31.2 Å². The van der Waals surface area contributed by atoms with Crippen molar-refractivity contribution in [2.24, 2.45) is 0 Å². The smallest absolute Gasteiger partial charge is 0.460 e. The maximum atomic E-state index is 14.1. The molecule has 1 heterocycles. The first-order valence-corrected chi connectivity index (χ1v) is 8.57. The molecule has 6 nitrogen and oxygen atoms in total. The zero-order valence-corrected chi connectivity index (χ0v) is 15.4. The van der Waals surface area contributed by atoms with Crippen LogP contribution in [0.5, 0.6) is 0 Å². The third kappa shape index (κ3) is 4.66. The summed E-state index contributed by atoms with van der Waals surface area (Å²) >= 11 is 0. The Bertz CT molecular complexity index is 828. The van der Waals surface area contributed by atoms with Gasteiger partial charge in [0.15, 0.2) is 0 Å². The van der Waals surface area contributed by atoms with Crippen LogP contribution in [0.3, 0.4) is 0 Å². The van der Waals surface area contributed by atoms with Crippen LogP contribution in [0.25, 0.3) is 0 Å². The van der Waals surface area contributed by atoms with Crippen LogP contribution in [0.1, 0.15) is 28.5 Å². The number of nitrogens with zero attached hydrogens (tertiary/aromatic N) is 1. The summed E-state index contributed by atoms with van der Waals surface area (Å²) in [6.07, 6.45) is -3.69. The summed E-state index contributed by atoms with van der Waals surface area (Å²) in [6.45, 7) is 2.41. The fourth-order valence-corrected chi connectivity index (χ4v) is 2.58. The molecule has 3 N–H and O–H groups in total. The lowest BCUT2D eigenvalue weighted by Crippen LogP contribution is -3.06. The highest BCUT2D eigenvalue weighted by atomic mass is 19.4. The summed E-state index contributed by atoms with van der Waals surface area (Å²) in [4.78, 5) is 28.9. The summed E-state index contributed by atoms with van der Waals surface area (Å²) < 4.78 is 46.8. The van der Waals surface area contributed by atoms with Crippen LogP contribution < -0.4 is 10.6 Å². The average molecular weight is 396 g/mol. The number of halogens is 3. The van der Waals surface area contributed by atoms with Gasteiger partial charge in [0, 0.05) is 11.8 Å². The standard InChI is InChI=1S/C19H20F3N3O3/c1-3-28-17(27)18(19(20,21)22,24-12-14-9-6-7-11-23-14)25-16(26)15-10-5-4-8-13(15)2/h4-11,24H,3,12H2,1-2H3,(H,25,26)/p+1/t18-/m1/s1. The van der Waals surface area contributed by atoms with Crippen molar-refractivity contribution in [1.82, 2.24) is 10.3 Å². The second-order valence-electron chi connectivity index (χ2n) is 6.02. The highest BCUT2D eigenvalue weighted by Gasteiger charge is 2.67. The number of benzene rings is 1. The Morgan fingerprint density at radius 2 is 1.82 bits per heavy atom. The number of hydrogen-bond acceptors (Lipinski definition) is 4. The Kier molecular flexibility index (Phi) is 6.74. The number of alkyl halides is 3. The molecule has 1 aromatic heterocycles. The molecular formula is C19H21F3N3O3+. The highest BCUT2D eigenvalue weighted by Crippen LogP contribution is 2.27. The molecule has 0 unspecified atom stereocenters. The van der Waals surface area contributed by atoms with Gasteiger partial charge in [0.2, 0.25) is 0 Å². The van der Waals surface area contributed by atoms with Crippen LogP contribution in [-0.4, -0.2) is 35.3 Å². The Balaban J connectivity index is 2.42. The molecule has 0 saturated heterocycles. The second-order valence-corrected chi connectivity index (χ2v) is 6.02. The van der Waals surface area contributed by atoms with Gasteiger partial charge in [0.1, 0.15) is 6.54 Å². The quantitative estimate of drug-likeness (QED) is 0.551. The van der Waals surface area contributed by atoms with Crippen molar-refractivity contribution in [1.29, 1.82) is 0 Å². The number of rotatable bonds is 7. The highest BCUT2D eigenvalue weighted by molar-refractivity contribution is 5.98. The van der Waals surface area contributed by atoms with E-state index in [9.17, 15) is 22.8 Å². The van der Waals surface area contributed by atoms with Crippen molar-refractivity contribution in [3.63, 3.8) is 0 Å². The van der Waals surface area contributed by atoms with Gasteiger partial charge >= 0.3 is 17.8 Å². The summed E-state index contributed by atoms with van der Waals surface area (Å²) in [7, 11) is 0. The van der Waals surface area contributed by atoms with E-state index in [1.165, 1.54) is 31.3 Å². The number of carbonyl (C=O) groups is 2. The van der Waals surface area contributed by atoms with E-state index in [0.717, 1.165) is 0 Å². The van der Waals surface area contributed by atoms with Crippen molar-refractivity contribution < 1.29 is 32.8 Å². The number of esters is 1. The Hall–Kier alpha value is -2.94. The predicted octanol–water partition coefficient (Wildman–Crippen LogP) is 1.71. The lowest BCUT2D eigenvalue weighted by Gasteiger charge is -2.31. The molecule has 150 valence electrons. The molecule has 2 rings (SSSR count). The van der Waals surface area contributed by atoms with E-state index in [2.05, 4.69) is 9.72 Å². The molecule has 0 spiro atoms. The molecule has 1 aromatic carbocycles. The Labute approximate surface area is 160 Å². The van der Waals surface area contributed by atoms with Crippen molar-refractivity contribution in [3.05, 3.63) is 65.5 Å². The maximum absolute atomic E-state index is 14.1. The van der Waals surface area contributed by atoms with E-state index in [4.69, 9.17) is 0 Å². The van der Waals surface area contributed by atoms with Crippen LogP contribution in [0.2, 0.25) is 0 Å². The first-order valence-electron chi connectivity index (χ1n) is 8.57. The van der Waals surface area contributed by atoms with Gasteiger partial charge in [-0.3, -0.25) is 15.1 Å². The number of aromatic nitrogens is 1. The molecule has 9 heteroatoms. The molecular weight excluding hydrogens is 375 g/mol. The van der Waals surface area contributed by atoms with E-state index < -0.39 is 23.7 Å². The Morgan fingerprint density at radius 3 is 2.39 bits per heavy atom. The molecule has 2 aromatic rings. The molecule has 1 atom stereocenters. The number of quaternary nitrogens is 1. The number of ether oxygens (including phenoxy) is 1. The third-order valence-electron chi connectivity index (χ3n) is 4.09. The number of amides is 1. The minimum Gasteiger partial charge on any atom is -0.460 e. The van der Waals surface area contributed by atoms with Crippen molar-refractivity contribution >= 4 is 11.9 Å². The van der Waals surface area contributed by atoms with Crippen molar-refractivity contribution in [3.8, 4) is 0 Å². The topological polar surface area (TPSA) is 84.9 Å². The Morgan fingerprint density at radius 1 is 1.14 bits per heavy atom. The molecule has 1 amide bonds. The first kappa shape index (κ1) is 21.4. The van der Waals surface area contributed by atoms with Crippen molar-refractivity contribution in [2.45, 2.75) is 32.2 Å². The van der Waals surface area contributed by atoms with E-state index in [0.29, 0.717) is 16.6 Å². The third-order valence-corrected chi connectivity index (χ3v) is 4.09. The van der Waals surface area contributed by atoms with E-state index in [1.807, 2.05) is 5.32 Å². The normalized spacial score (nSPS) is 13.5. The van der Waals surface area contributed by atoms with Crippen LogP contribution in [-0.2, 0) is 16.1 Å². The largest absolute Gasteiger partial charge is 0.478 e. The minimum absolute atomic E-state index is 0.0339. The van der Waals surface area contributed by atoms with Gasteiger partial charge in [-0.05, 0) is 37.6 Å². The van der Waals surface area contributed by atoms with Gasteiger partial charge in [-0.15, -0.1) is 0 Å². The van der Waals surface area contributed by atoms with Crippen LogP contribution >= 0.6 is 0 Å². The number of nitrogens with one attached hydrogen (secondary N) is 1. The monoisotopic (exact) mass is 396 g/mol. The predicted molar refractivity (Wildman–Crippen MR) is 93.9 cm³/mol. The fourth-order valence-electron chi connectivity index (χ4n) is 2.58. The molecule has 28 heavy (non-hydrogen) atoms. The number of aryl methyl sites for hydroxylation is 1. The molecule has 0 saturated carbocycles. The van der Waals surface area contributed by atoms with Gasteiger partial charge in [-0.1, -0.05) is 24.3 Å². The zero-order chi connectivity index (χ0) is 20.8. The molecule has 0 aliphatic carbocycles. The summed E-state index contributed by atoms with van der Waals surface area (Å²) in [5.74, 6) is -2.62. The van der Waals surface area contributed by atoms with Crippen molar-refractivity contribution in [2.75, 3.05) is 6.61 Å². The number of hydrogen-bond donors (Lipinski definition) is 2. The lowest BCUT2D eigenvalue weighted by atomic mass is 10.1. The maximum Gasteiger partial charge on any atom is 0.478 e. The van der Waals surface area contributed by atoms with Gasteiger partial charge in [0.25, 0.3) is 5.91 Å². The molecule has 0 fully saturated rings. The summed E-state index contributed by atoms with van der Waals surface area (Å²) in [6, 6.07) is 10.9. The zero-order valence-electron chi connectivity index (χ0n) is 15.4. The van der Waals surface area contributed by atoms with Crippen LogP contribution in [0.15, 0.2) is 48.7 Å². The molecule has 0 bridgehead atoms. The van der Waals surface area contributed by atoms with Crippen LogP contribution in [0, 0.1) is 6.92 Å². The average Bonchev–Trinajstić information content (AvgIpc) is 2.65. The molecule has 0 radical (unpaired) electrons. The van der Waals surface area contributed by atoms with Crippen LogP contribution in [0.4, 0.5) is 13.2 Å². The van der Waals surface area contributed by atoms with E-state index >= 15 is 0 Å². The van der Waals surface area contributed by atoms with E-state index in [-0.39, 0.29) is 18.7 Å². The molecule has 0 aliphatic heterocycles. The summed E-state index contributed by atoms with van der Waals surface area (Å²) in [5, 5.41) is 2.54. The minimum atomic E-state index is -5.12. The molecule has 0 aliphatic rings. The fraction of sp³-hybridized carbons (Fsp3) is 0.316. The first-order chi connectivity index (χ1) is 13.2. The van der Waals surface area contributed by atoms with Gasteiger partial charge < -0.3 is 10.1 Å². The summed E-state index contributed by atoms with van der Waals surface area (Å²) in [5.41, 5.74) is -2.48. The van der Waals surface area contributed by atoms with Gasteiger partial charge in [-0.2, -0.15) is 13.2 Å². The number of pyridine rings is 1. The number of carbonyl (C=O) groups excluding carboxylic acids is 2.